The number of ether oxygens (including phenoxy) is 1. The van der Waals surface area contributed by atoms with Gasteiger partial charge in [0, 0.05) is 15.7 Å². The molecular weight excluding hydrogens is 297 g/mol. The molecule has 1 N–H and O–H groups in total. The summed E-state index contributed by atoms with van der Waals surface area (Å²) in [5.74, 6) is 0.338. The number of benzene rings is 2. The topological polar surface area (TPSA) is 38.3 Å². The molecule has 3 nitrogen and oxygen atoms in total. The van der Waals surface area contributed by atoms with Gasteiger partial charge in [-0.3, -0.25) is 4.79 Å². The number of nitrogens with one attached hydrogen (secondary N) is 1. The summed E-state index contributed by atoms with van der Waals surface area (Å²) < 4.78 is 5.53. The largest absolute Gasteiger partial charge is 0.481 e. The van der Waals surface area contributed by atoms with Crippen LogP contribution in [0.4, 0.5) is 5.69 Å². The lowest BCUT2D eigenvalue weighted by Gasteiger charge is -2.14. The summed E-state index contributed by atoms with van der Waals surface area (Å²) in [6.07, 6.45) is -0.629. The summed E-state index contributed by atoms with van der Waals surface area (Å²) in [7, 11) is 0. The Labute approximate surface area is 127 Å². The molecule has 104 valence electrons. The number of amides is 1. The van der Waals surface area contributed by atoms with Gasteiger partial charge in [0.25, 0.3) is 5.91 Å². The molecule has 0 aliphatic heterocycles. The molecule has 1 amide bonds. The molecule has 0 radical (unpaired) electrons. The molecule has 2 rings (SSSR count). The minimum absolute atomic E-state index is 0.248. The van der Waals surface area contributed by atoms with E-state index in [0.717, 1.165) is 0 Å². The Hall–Kier alpha value is -1.71. The molecule has 0 saturated heterocycles. The highest BCUT2D eigenvalue weighted by atomic mass is 35.5. The quantitative estimate of drug-likeness (QED) is 0.909. The van der Waals surface area contributed by atoms with Crippen LogP contribution in [0.15, 0.2) is 48.5 Å². The fourth-order valence-corrected chi connectivity index (χ4v) is 1.90. The van der Waals surface area contributed by atoms with E-state index in [1.54, 1.807) is 55.5 Å². The Morgan fingerprint density at radius 2 is 1.80 bits per heavy atom. The number of carbonyl (C=O) groups excluding carboxylic acids is 1. The van der Waals surface area contributed by atoms with E-state index in [1.807, 2.05) is 0 Å². The van der Waals surface area contributed by atoms with Crippen LogP contribution in [0, 0.1) is 0 Å². The first-order valence-electron chi connectivity index (χ1n) is 6.03. The zero-order chi connectivity index (χ0) is 14.5. The maximum atomic E-state index is 12.0. The Bertz CT molecular complexity index is 599. The maximum absolute atomic E-state index is 12.0. The third-order valence-corrected chi connectivity index (χ3v) is 3.07. The molecule has 0 aliphatic carbocycles. The van der Waals surface area contributed by atoms with E-state index in [4.69, 9.17) is 27.9 Å². The zero-order valence-corrected chi connectivity index (χ0v) is 12.3. The number of hydrogen-bond acceptors (Lipinski definition) is 2. The van der Waals surface area contributed by atoms with Gasteiger partial charge in [0.05, 0.1) is 0 Å². The second kappa shape index (κ2) is 6.64. The van der Waals surface area contributed by atoms with Gasteiger partial charge in [-0.1, -0.05) is 29.3 Å². The van der Waals surface area contributed by atoms with Crippen LogP contribution in [0.1, 0.15) is 6.92 Å². The second-order valence-electron chi connectivity index (χ2n) is 4.21. The molecule has 0 heterocycles. The molecule has 0 saturated carbocycles. The highest BCUT2D eigenvalue weighted by Crippen LogP contribution is 2.18. The SMILES string of the molecule is C[C@@H](Oc1ccc(Cl)cc1)C(=O)Nc1cccc(Cl)c1. The van der Waals surface area contributed by atoms with Crippen molar-refractivity contribution < 1.29 is 9.53 Å². The van der Waals surface area contributed by atoms with Crippen molar-refractivity contribution >= 4 is 34.8 Å². The van der Waals surface area contributed by atoms with Crippen molar-refractivity contribution in [3.63, 3.8) is 0 Å². The molecule has 0 spiro atoms. The van der Waals surface area contributed by atoms with Gasteiger partial charge in [0.2, 0.25) is 0 Å². The second-order valence-corrected chi connectivity index (χ2v) is 5.09. The predicted molar refractivity (Wildman–Crippen MR) is 81.6 cm³/mol. The summed E-state index contributed by atoms with van der Waals surface area (Å²) in [5.41, 5.74) is 0.633. The average molecular weight is 310 g/mol. The van der Waals surface area contributed by atoms with Crippen LogP contribution in [0.5, 0.6) is 5.75 Å². The first-order valence-corrected chi connectivity index (χ1v) is 6.79. The summed E-state index contributed by atoms with van der Waals surface area (Å²) in [4.78, 5) is 12.0. The lowest BCUT2D eigenvalue weighted by Crippen LogP contribution is -2.30. The summed E-state index contributed by atoms with van der Waals surface area (Å²) in [6, 6.07) is 13.8. The molecule has 0 fully saturated rings. The van der Waals surface area contributed by atoms with Crippen LogP contribution >= 0.6 is 23.2 Å². The number of carbonyl (C=O) groups is 1. The van der Waals surface area contributed by atoms with Crippen molar-refractivity contribution in [3.05, 3.63) is 58.6 Å². The minimum Gasteiger partial charge on any atom is -0.481 e. The molecule has 0 bridgehead atoms. The van der Waals surface area contributed by atoms with Gasteiger partial charge in [-0.05, 0) is 49.4 Å². The summed E-state index contributed by atoms with van der Waals surface area (Å²) >= 11 is 11.6. The van der Waals surface area contributed by atoms with Crippen LogP contribution in [0.3, 0.4) is 0 Å². The predicted octanol–water partition coefficient (Wildman–Crippen LogP) is 4.40. The van der Waals surface area contributed by atoms with Gasteiger partial charge in [0.1, 0.15) is 5.75 Å². The molecule has 2 aromatic carbocycles. The molecule has 0 aliphatic rings. The Morgan fingerprint density at radius 1 is 1.10 bits per heavy atom. The van der Waals surface area contributed by atoms with Crippen molar-refractivity contribution in [3.8, 4) is 5.75 Å². The van der Waals surface area contributed by atoms with E-state index in [2.05, 4.69) is 5.32 Å². The maximum Gasteiger partial charge on any atom is 0.265 e. The molecular formula is C15H13Cl2NO2. The third-order valence-electron chi connectivity index (χ3n) is 2.59. The van der Waals surface area contributed by atoms with E-state index in [-0.39, 0.29) is 5.91 Å². The van der Waals surface area contributed by atoms with E-state index in [0.29, 0.717) is 21.5 Å². The van der Waals surface area contributed by atoms with Crippen LogP contribution in [-0.4, -0.2) is 12.0 Å². The Morgan fingerprint density at radius 3 is 2.45 bits per heavy atom. The van der Waals surface area contributed by atoms with E-state index in [1.165, 1.54) is 0 Å². The molecule has 0 unspecified atom stereocenters. The summed E-state index contributed by atoms with van der Waals surface area (Å²) in [5, 5.41) is 3.92. The standard InChI is InChI=1S/C15H13Cl2NO2/c1-10(20-14-7-5-11(16)6-8-14)15(19)18-13-4-2-3-12(17)9-13/h2-10H,1H3,(H,18,19)/t10-/m1/s1. The summed E-state index contributed by atoms with van der Waals surface area (Å²) in [6.45, 7) is 1.68. The Balaban J connectivity index is 1.96. The first-order chi connectivity index (χ1) is 9.54. The van der Waals surface area contributed by atoms with Gasteiger partial charge in [-0.2, -0.15) is 0 Å². The molecule has 20 heavy (non-hydrogen) atoms. The van der Waals surface area contributed by atoms with Crippen molar-refractivity contribution in [1.29, 1.82) is 0 Å². The Kier molecular flexibility index (Phi) is 4.88. The van der Waals surface area contributed by atoms with Crippen molar-refractivity contribution in [2.75, 3.05) is 5.32 Å². The van der Waals surface area contributed by atoms with E-state index < -0.39 is 6.10 Å². The number of rotatable bonds is 4. The lowest BCUT2D eigenvalue weighted by atomic mass is 10.3. The highest BCUT2D eigenvalue weighted by molar-refractivity contribution is 6.31. The lowest BCUT2D eigenvalue weighted by molar-refractivity contribution is -0.122. The normalized spacial score (nSPS) is 11.8. The molecule has 0 aromatic heterocycles. The van der Waals surface area contributed by atoms with Crippen molar-refractivity contribution in [2.24, 2.45) is 0 Å². The highest BCUT2D eigenvalue weighted by Gasteiger charge is 2.14. The van der Waals surface area contributed by atoms with Crippen LogP contribution in [0.2, 0.25) is 10.0 Å². The van der Waals surface area contributed by atoms with Gasteiger partial charge >= 0.3 is 0 Å². The number of anilines is 1. The van der Waals surface area contributed by atoms with E-state index in [9.17, 15) is 4.79 Å². The fraction of sp³-hybridized carbons (Fsp3) is 0.133. The first kappa shape index (κ1) is 14.7. The monoisotopic (exact) mass is 309 g/mol. The molecule has 2 aromatic rings. The zero-order valence-electron chi connectivity index (χ0n) is 10.8. The smallest absolute Gasteiger partial charge is 0.265 e. The van der Waals surface area contributed by atoms with Gasteiger partial charge in [-0.15, -0.1) is 0 Å². The molecule has 1 atom stereocenters. The van der Waals surface area contributed by atoms with Crippen molar-refractivity contribution in [2.45, 2.75) is 13.0 Å². The number of halogens is 2. The van der Waals surface area contributed by atoms with Gasteiger partial charge < -0.3 is 10.1 Å². The average Bonchev–Trinajstić information content (AvgIpc) is 2.41. The number of hydrogen-bond donors (Lipinski definition) is 1. The van der Waals surface area contributed by atoms with Gasteiger partial charge in [-0.25, -0.2) is 0 Å². The van der Waals surface area contributed by atoms with Crippen LogP contribution in [0.25, 0.3) is 0 Å². The third kappa shape index (κ3) is 4.15. The minimum atomic E-state index is -0.629. The molecule has 5 heteroatoms. The van der Waals surface area contributed by atoms with Crippen LogP contribution in [-0.2, 0) is 4.79 Å². The fourth-order valence-electron chi connectivity index (χ4n) is 1.58. The van der Waals surface area contributed by atoms with Gasteiger partial charge in [0.15, 0.2) is 6.10 Å². The van der Waals surface area contributed by atoms with Crippen LogP contribution < -0.4 is 10.1 Å². The van der Waals surface area contributed by atoms with Crippen molar-refractivity contribution in [1.82, 2.24) is 0 Å². The van der Waals surface area contributed by atoms with E-state index >= 15 is 0 Å².